The van der Waals surface area contributed by atoms with Crippen molar-refractivity contribution in [3.05, 3.63) is 64.4 Å². The molecule has 0 unspecified atom stereocenters. The van der Waals surface area contributed by atoms with Gasteiger partial charge in [-0.1, -0.05) is 13.0 Å². The number of ether oxygens (including phenoxy) is 1. The van der Waals surface area contributed by atoms with E-state index in [0.717, 1.165) is 30.6 Å². The Morgan fingerprint density at radius 2 is 2.09 bits per heavy atom. The van der Waals surface area contributed by atoms with Crippen LogP contribution >= 0.6 is 0 Å². The smallest absolute Gasteiger partial charge is 0.318 e. The highest BCUT2D eigenvalue weighted by molar-refractivity contribution is 6.16. The second-order valence-corrected chi connectivity index (χ2v) is 12.4. The third kappa shape index (κ3) is 4.21. The van der Waals surface area contributed by atoms with E-state index >= 15 is 0 Å². The second-order valence-electron chi connectivity index (χ2n) is 12.4. The fraction of sp³-hybridized carbons (Fsp3) is 0.438. The Bertz CT molecular complexity index is 1810. The molecule has 2 saturated heterocycles. The van der Waals surface area contributed by atoms with Gasteiger partial charge in [-0.15, -0.1) is 0 Å². The number of hydrogen-bond donors (Lipinski definition) is 2. The first kappa shape index (κ1) is 27.2. The highest BCUT2D eigenvalue weighted by Gasteiger charge is 2.49. The number of carbonyl (C=O) groups is 1. The van der Waals surface area contributed by atoms with E-state index in [1.807, 2.05) is 11.8 Å². The molecule has 2 atom stereocenters. The number of nitrogens with one attached hydrogen (secondary N) is 1. The third-order valence-electron chi connectivity index (χ3n) is 9.82. The van der Waals surface area contributed by atoms with Gasteiger partial charge in [-0.2, -0.15) is 15.1 Å². The number of benzene rings is 2. The second kappa shape index (κ2) is 10.1. The van der Waals surface area contributed by atoms with Crippen LogP contribution in [-0.4, -0.2) is 74.0 Å². The number of aromatic hydroxyl groups is 1. The van der Waals surface area contributed by atoms with Gasteiger partial charge in [0.25, 0.3) is 5.91 Å². The average Bonchev–Trinajstić information content (AvgIpc) is 3.77. The van der Waals surface area contributed by atoms with Crippen LogP contribution in [0.15, 0.2) is 30.5 Å². The van der Waals surface area contributed by atoms with Crippen molar-refractivity contribution in [2.45, 2.75) is 63.8 Å². The molecule has 4 aliphatic rings. The van der Waals surface area contributed by atoms with Crippen LogP contribution in [0.4, 0.5) is 20.3 Å². The van der Waals surface area contributed by atoms with Gasteiger partial charge in [0.05, 0.1) is 29.7 Å². The molecule has 2 aromatic carbocycles. The predicted octanol–water partition coefficient (Wildman–Crippen LogP) is 4.44. The van der Waals surface area contributed by atoms with Crippen molar-refractivity contribution >= 4 is 28.2 Å². The zero-order chi connectivity index (χ0) is 30.2. The minimum atomic E-state index is -0.881. The highest BCUT2D eigenvalue weighted by Crippen LogP contribution is 2.43. The lowest BCUT2D eigenvalue weighted by Crippen LogP contribution is -2.43. The molecule has 2 N–H and O–H groups in total. The Morgan fingerprint density at radius 1 is 1.20 bits per heavy atom. The molecule has 6 heterocycles. The summed E-state index contributed by atoms with van der Waals surface area (Å²) in [5, 5.41) is 19.1. The van der Waals surface area contributed by atoms with Crippen LogP contribution in [0.25, 0.3) is 10.8 Å². The number of aromatic amines is 1. The van der Waals surface area contributed by atoms with Crippen molar-refractivity contribution in [2.24, 2.45) is 0 Å². The molecule has 8 rings (SSSR count). The first-order valence-electron chi connectivity index (χ1n) is 15.3. The van der Waals surface area contributed by atoms with Crippen LogP contribution in [-0.2, 0) is 25.9 Å². The lowest BCUT2D eigenvalue weighted by Gasteiger charge is -2.31. The molecule has 12 heteroatoms. The van der Waals surface area contributed by atoms with Crippen molar-refractivity contribution in [3.8, 4) is 11.8 Å². The number of amides is 1. The summed E-state index contributed by atoms with van der Waals surface area (Å²) < 4.78 is 35.7. The average molecular weight is 602 g/mol. The Hall–Kier alpha value is -4.32. The molecule has 228 valence electrons. The van der Waals surface area contributed by atoms with E-state index in [1.54, 1.807) is 23.2 Å². The van der Waals surface area contributed by atoms with E-state index in [0.29, 0.717) is 78.0 Å². The number of aromatic nitrogens is 4. The SMILES string of the molecule is CCc1c(F)ccc2cc(O)cc(N3Cc4nc(OC[C@@]56CCCN5C[C@H](F)C6)nc(N5CCc6[nH]ncc6C5)c4C3=O)c12. The number of phenolic OH excluding ortho intramolecular Hbond substituents is 1. The number of aryl methyl sites for hydroxylation is 1. The van der Waals surface area contributed by atoms with Gasteiger partial charge >= 0.3 is 6.01 Å². The molecule has 44 heavy (non-hydrogen) atoms. The lowest BCUT2D eigenvalue weighted by atomic mass is 9.95. The number of H-pyrrole nitrogens is 1. The zero-order valence-electron chi connectivity index (χ0n) is 24.4. The molecular formula is C32H33F2N7O3. The van der Waals surface area contributed by atoms with Gasteiger partial charge in [0.2, 0.25) is 0 Å². The Balaban J connectivity index is 1.20. The van der Waals surface area contributed by atoms with Gasteiger partial charge in [-0.25, -0.2) is 8.78 Å². The van der Waals surface area contributed by atoms with Crippen LogP contribution < -0.4 is 14.5 Å². The van der Waals surface area contributed by atoms with Gasteiger partial charge in [-0.05, 0) is 48.9 Å². The highest BCUT2D eigenvalue weighted by atomic mass is 19.1. The number of alkyl halides is 1. The Labute approximate surface area is 252 Å². The zero-order valence-corrected chi connectivity index (χ0v) is 24.4. The van der Waals surface area contributed by atoms with E-state index < -0.39 is 6.17 Å². The Kier molecular flexibility index (Phi) is 6.26. The van der Waals surface area contributed by atoms with E-state index in [4.69, 9.17) is 14.7 Å². The van der Waals surface area contributed by atoms with Crippen LogP contribution in [0.3, 0.4) is 0 Å². The number of anilines is 2. The number of fused-ring (bicyclic) bond motifs is 4. The predicted molar refractivity (Wildman–Crippen MR) is 159 cm³/mol. The quantitative estimate of drug-likeness (QED) is 0.334. The molecule has 10 nitrogen and oxygen atoms in total. The fourth-order valence-corrected chi connectivity index (χ4v) is 7.74. The van der Waals surface area contributed by atoms with E-state index in [-0.39, 0.29) is 42.2 Å². The third-order valence-corrected chi connectivity index (χ3v) is 9.82. The normalized spacial score (nSPS) is 23.0. The lowest BCUT2D eigenvalue weighted by molar-refractivity contribution is 0.0996. The summed E-state index contributed by atoms with van der Waals surface area (Å²) >= 11 is 0. The molecule has 0 aliphatic carbocycles. The molecule has 4 aromatic rings. The molecule has 1 amide bonds. The molecular weight excluding hydrogens is 568 g/mol. The number of hydrogen-bond acceptors (Lipinski definition) is 8. The molecule has 0 radical (unpaired) electrons. The summed E-state index contributed by atoms with van der Waals surface area (Å²) in [5.74, 6) is -0.244. The van der Waals surface area contributed by atoms with Gasteiger partial charge in [-0.3, -0.25) is 14.8 Å². The molecule has 2 fully saturated rings. The van der Waals surface area contributed by atoms with E-state index in [1.165, 1.54) is 12.1 Å². The number of rotatable bonds is 6. The van der Waals surface area contributed by atoms with Crippen molar-refractivity contribution in [1.29, 1.82) is 0 Å². The van der Waals surface area contributed by atoms with Gasteiger partial charge in [0.1, 0.15) is 35.7 Å². The monoisotopic (exact) mass is 601 g/mol. The molecule has 0 bridgehead atoms. The maximum atomic E-state index is 15.0. The molecule has 4 aliphatic heterocycles. The first-order valence-corrected chi connectivity index (χ1v) is 15.3. The first-order chi connectivity index (χ1) is 21.3. The summed E-state index contributed by atoms with van der Waals surface area (Å²) in [6.07, 6.45) is 4.30. The Morgan fingerprint density at radius 3 is 2.95 bits per heavy atom. The number of carbonyl (C=O) groups excluding carboxylic acids is 1. The number of halogens is 2. The van der Waals surface area contributed by atoms with E-state index in [9.17, 15) is 18.7 Å². The van der Waals surface area contributed by atoms with Gasteiger partial charge in [0.15, 0.2) is 0 Å². The minimum absolute atomic E-state index is 0.0214. The van der Waals surface area contributed by atoms with Crippen LogP contribution in [0.5, 0.6) is 11.8 Å². The topological polar surface area (TPSA) is 111 Å². The van der Waals surface area contributed by atoms with E-state index in [2.05, 4.69) is 15.1 Å². The largest absolute Gasteiger partial charge is 0.508 e. The van der Waals surface area contributed by atoms with Gasteiger partial charge < -0.3 is 19.6 Å². The van der Waals surface area contributed by atoms with Crippen molar-refractivity contribution < 1.29 is 23.4 Å². The summed E-state index contributed by atoms with van der Waals surface area (Å²) in [5.41, 5.74) is 3.46. The van der Waals surface area contributed by atoms with Crippen molar-refractivity contribution in [3.63, 3.8) is 0 Å². The van der Waals surface area contributed by atoms with Crippen molar-refractivity contribution in [1.82, 2.24) is 25.1 Å². The summed E-state index contributed by atoms with van der Waals surface area (Å²) in [4.78, 5) is 29.6. The van der Waals surface area contributed by atoms with Gasteiger partial charge in [0, 0.05) is 55.2 Å². The summed E-state index contributed by atoms with van der Waals surface area (Å²) in [7, 11) is 0. The summed E-state index contributed by atoms with van der Waals surface area (Å²) in [6, 6.07) is 6.24. The maximum Gasteiger partial charge on any atom is 0.318 e. The minimum Gasteiger partial charge on any atom is -0.508 e. The standard InChI is InChI=1S/C32H33F2N7O3/c1-2-22-23(34)5-4-18-10-21(42)11-26(27(18)22)41-16-25-28(30(41)43)29(39-9-6-24-19(14-39)13-35-38-24)37-31(36-25)44-17-32-7-3-8-40(32)15-20(33)12-32/h4-5,10-11,13,20,42H,2-3,6-9,12,14-17H2,1H3,(H,35,38)/t20-,32+/m1/s1. The molecule has 2 aromatic heterocycles. The number of nitrogens with zero attached hydrogens (tertiary/aromatic N) is 6. The summed E-state index contributed by atoms with van der Waals surface area (Å²) in [6.45, 7) is 4.61. The van der Waals surface area contributed by atoms with Crippen LogP contribution in [0.2, 0.25) is 0 Å². The molecule has 0 spiro atoms. The van der Waals surface area contributed by atoms with Crippen LogP contribution in [0, 0.1) is 5.82 Å². The maximum absolute atomic E-state index is 15.0. The van der Waals surface area contributed by atoms with Crippen LogP contribution in [0.1, 0.15) is 59.1 Å². The molecule has 0 saturated carbocycles. The fourth-order valence-electron chi connectivity index (χ4n) is 7.74. The van der Waals surface area contributed by atoms with Crippen molar-refractivity contribution in [2.75, 3.05) is 36.0 Å². The number of phenols is 1.